The van der Waals surface area contributed by atoms with Crippen LogP contribution in [-0.4, -0.2) is 23.8 Å². The van der Waals surface area contributed by atoms with Gasteiger partial charge in [0.2, 0.25) is 5.91 Å². The van der Waals surface area contributed by atoms with Crippen LogP contribution in [0.2, 0.25) is 0 Å². The first-order valence-corrected chi connectivity index (χ1v) is 5.73. The normalized spacial score (nSPS) is 22.2. The maximum Gasteiger partial charge on any atom is 0.222 e. The zero-order valence-electron chi connectivity index (χ0n) is 8.87. The third kappa shape index (κ3) is 3.63. The molecule has 0 radical (unpaired) electrons. The Bertz CT molecular complexity index is 270. The first kappa shape index (κ1) is 10.6. The largest absolute Gasteiger partial charge is 0.353 e. The average molecular weight is 210 g/mol. The molecular formula is C11H18N2O2. The first-order valence-electron chi connectivity index (χ1n) is 5.73. The van der Waals surface area contributed by atoms with Crippen LogP contribution in [0.5, 0.6) is 0 Å². The summed E-state index contributed by atoms with van der Waals surface area (Å²) in [6.07, 6.45) is 5.15. The van der Waals surface area contributed by atoms with Gasteiger partial charge in [-0.25, -0.2) is 0 Å². The summed E-state index contributed by atoms with van der Waals surface area (Å²) in [6.45, 7) is 0. The topological polar surface area (TPSA) is 72.2 Å². The molecule has 0 aromatic carbocycles. The highest BCUT2D eigenvalue weighted by Gasteiger charge is 2.29. The summed E-state index contributed by atoms with van der Waals surface area (Å²) in [4.78, 5) is 22.9. The lowest BCUT2D eigenvalue weighted by Crippen LogP contribution is -2.37. The number of amides is 1. The minimum Gasteiger partial charge on any atom is -0.353 e. The van der Waals surface area contributed by atoms with Gasteiger partial charge in [0.15, 0.2) is 0 Å². The summed E-state index contributed by atoms with van der Waals surface area (Å²) >= 11 is 0. The monoisotopic (exact) mass is 210 g/mol. The Hall–Kier alpha value is -0.900. The van der Waals surface area contributed by atoms with Gasteiger partial charge in [0.25, 0.3) is 0 Å². The van der Waals surface area contributed by atoms with Crippen molar-refractivity contribution in [3.05, 3.63) is 0 Å². The van der Waals surface area contributed by atoms with Crippen LogP contribution in [0.1, 0.15) is 38.5 Å². The molecule has 0 saturated heterocycles. The van der Waals surface area contributed by atoms with Crippen molar-refractivity contribution in [1.29, 1.82) is 0 Å². The van der Waals surface area contributed by atoms with Gasteiger partial charge in [0.05, 0.1) is 6.04 Å². The smallest absolute Gasteiger partial charge is 0.222 e. The molecular weight excluding hydrogens is 192 g/mol. The number of hydrogen-bond acceptors (Lipinski definition) is 3. The molecule has 2 aliphatic rings. The maximum atomic E-state index is 11.5. The fraction of sp³-hybridized carbons (Fsp3) is 0.818. The lowest BCUT2D eigenvalue weighted by Gasteiger charge is -2.10. The molecule has 0 spiro atoms. The second-order valence-corrected chi connectivity index (χ2v) is 4.77. The molecule has 84 valence electrons. The van der Waals surface area contributed by atoms with E-state index in [1.165, 1.54) is 0 Å². The van der Waals surface area contributed by atoms with E-state index >= 15 is 0 Å². The van der Waals surface area contributed by atoms with Crippen LogP contribution in [0, 0.1) is 5.92 Å². The molecule has 1 atom stereocenters. The zero-order valence-corrected chi connectivity index (χ0v) is 8.87. The quantitative estimate of drug-likeness (QED) is 0.664. The summed E-state index contributed by atoms with van der Waals surface area (Å²) in [5.41, 5.74) is 5.68. The van der Waals surface area contributed by atoms with Gasteiger partial charge < -0.3 is 11.1 Å². The van der Waals surface area contributed by atoms with Crippen molar-refractivity contribution in [2.75, 3.05) is 0 Å². The first-order chi connectivity index (χ1) is 7.15. The molecule has 0 heterocycles. The lowest BCUT2D eigenvalue weighted by molar-refractivity contribution is -0.126. The number of carbonyl (C=O) groups excluding carboxylic acids is 2. The van der Waals surface area contributed by atoms with Gasteiger partial charge in [-0.1, -0.05) is 0 Å². The van der Waals surface area contributed by atoms with Crippen LogP contribution in [-0.2, 0) is 9.59 Å². The molecule has 15 heavy (non-hydrogen) atoms. The van der Waals surface area contributed by atoms with Crippen LogP contribution in [0.25, 0.3) is 0 Å². The number of nitrogens with one attached hydrogen (secondary N) is 1. The van der Waals surface area contributed by atoms with Gasteiger partial charge >= 0.3 is 0 Å². The molecule has 4 heteroatoms. The molecule has 0 aromatic heterocycles. The highest BCUT2D eigenvalue weighted by molar-refractivity contribution is 5.89. The predicted octanol–water partition coefficient (Wildman–Crippen LogP) is 0.352. The number of ketones is 1. The second kappa shape index (κ2) is 4.31. The van der Waals surface area contributed by atoms with Crippen molar-refractivity contribution in [2.45, 2.75) is 50.6 Å². The highest BCUT2D eigenvalue weighted by Crippen LogP contribution is 2.32. The summed E-state index contributed by atoms with van der Waals surface area (Å²) in [5.74, 6) is 0.521. The van der Waals surface area contributed by atoms with Crippen molar-refractivity contribution in [3.8, 4) is 0 Å². The van der Waals surface area contributed by atoms with E-state index in [-0.39, 0.29) is 18.1 Å². The lowest BCUT2D eigenvalue weighted by atomic mass is 10.0. The Morgan fingerprint density at radius 1 is 1.27 bits per heavy atom. The van der Waals surface area contributed by atoms with E-state index in [0.29, 0.717) is 18.4 Å². The van der Waals surface area contributed by atoms with Crippen molar-refractivity contribution >= 4 is 11.7 Å². The number of nitrogens with two attached hydrogens (primary N) is 1. The second-order valence-electron chi connectivity index (χ2n) is 4.77. The molecule has 2 saturated carbocycles. The van der Waals surface area contributed by atoms with Gasteiger partial charge in [0, 0.05) is 18.9 Å². The molecule has 3 N–H and O–H groups in total. The Balaban J connectivity index is 1.66. The zero-order chi connectivity index (χ0) is 10.8. The average Bonchev–Trinajstić information content (AvgIpc) is 2.98. The number of carbonyl (C=O) groups is 2. The number of rotatable bonds is 6. The maximum absolute atomic E-state index is 11.5. The SMILES string of the molecule is N[C@@H](CC(=O)NC1CC1)C(=O)CC1CC1. The summed E-state index contributed by atoms with van der Waals surface area (Å²) in [6, 6.07) is -0.243. The molecule has 0 aromatic rings. The van der Waals surface area contributed by atoms with E-state index < -0.39 is 6.04 Å². The summed E-state index contributed by atoms with van der Waals surface area (Å²) < 4.78 is 0. The van der Waals surface area contributed by atoms with Gasteiger partial charge in [-0.05, 0) is 31.6 Å². The van der Waals surface area contributed by atoms with E-state index in [2.05, 4.69) is 5.32 Å². The van der Waals surface area contributed by atoms with Crippen LogP contribution < -0.4 is 11.1 Å². The Morgan fingerprint density at radius 3 is 2.47 bits per heavy atom. The minimum absolute atomic E-state index is 0.0449. The standard InChI is InChI=1S/C11H18N2O2/c12-9(10(14)5-7-1-2-7)6-11(15)13-8-3-4-8/h7-9H,1-6,12H2,(H,13,15)/t9-/m0/s1. The Morgan fingerprint density at radius 2 is 1.93 bits per heavy atom. The molecule has 0 unspecified atom stereocenters. The molecule has 2 aliphatic carbocycles. The number of Topliss-reactive ketones (excluding diaryl/α,β-unsaturated/α-hetero) is 1. The number of hydrogen-bond donors (Lipinski definition) is 2. The molecule has 2 fully saturated rings. The molecule has 0 aliphatic heterocycles. The minimum atomic E-state index is -0.593. The third-order valence-electron chi connectivity index (χ3n) is 2.95. The van der Waals surface area contributed by atoms with Crippen molar-refractivity contribution in [1.82, 2.24) is 5.32 Å². The van der Waals surface area contributed by atoms with Crippen LogP contribution in [0.3, 0.4) is 0 Å². The fourth-order valence-electron chi connectivity index (χ4n) is 1.59. The van der Waals surface area contributed by atoms with Crippen LogP contribution >= 0.6 is 0 Å². The predicted molar refractivity (Wildman–Crippen MR) is 56.1 cm³/mol. The molecule has 4 nitrogen and oxygen atoms in total. The van der Waals surface area contributed by atoms with Gasteiger partial charge in [-0.15, -0.1) is 0 Å². The molecule has 1 amide bonds. The van der Waals surface area contributed by atoms with E-state index in [9.17, 15) is 9.59 Å². The fourth-order valence-corrected chi connectivity index (χ4v) is 1.59. The van der Waals surface area contributed by atoms with Crippen molar-refractivity contribution in [3.63, 3.8) is 0 Å². The summed E-state index contributed by atoms with van der Waals surface area (Å²) in [5, 5.41) is 2.84. The van der Waals surface area contributed by atoms with E-state index in [0.717, 1.165) is 25.7 Å². The van der Waals surface area contributed by atoms with Crippen LogP contribution in [0.4, 0.5) is 0 Å². The third-order valence-corrected chi connectivity index (χ3v) is 2.95. The van der Waals surface area contributed by atoms with Crippen LogP contribution in [0.15, 0.2) is 0 Å². The van der Waals surface area contributed by atoms with E-state index in [4.69, 9.17) is 5.73 Å². The summed E-state index contributed by atoms with van der Waals surface area (Å²) in [7, 11) is 0. The van der Waals surface area contributed by atoms with Crippen molar-refractivity contribution < 1.29 is 9.59 Å². The molecule has 2 rings (SSSR count). The molecule has 0 bridgehead atoms. The Labute approximate surface area is 89.6 Å². The van der Waals surface area contributed by atoms with Crippen molar-refractivity contribution in [2.24, 2.45) is 11.7 Å². The van der Waals surface area contributed by atoms with E-state index in [1.807, 2.05) is 0 Å². The highest BCUT2D eigenvalue weighted by atomic mass is 16.2. The Kier molecular flexibility index (Phi) is 3.05. The van der Waals surface area contributed by atoms with Gasteiger partial charge in [0.1, 0.15) is 5.78 Å². The van der Waals surface area contributed by atoms with Gasteiger partial charge in [-0.2, -0.15) is 0 Å². The van der Waals surface area contributed by atoms with E-state index in [1.54, 1.807) is 0 Å². The van der Waals surface area contributed by atoms with Gasteiger partial charge in [-0.3, -0.25) is 9.59 Å².